The molecule has 0 bridgehead atoms. The maximum atomic E-state index is 10.9. The van der Waals surface area contributed by atoms with E-state index >= 15 is 0 Å². The van der Waals surface area contributed by atoms with Crippen LogP contribution in [0.15, 0.2) is 34.7 Å². The first kappa shape index (κ1) is 18.3. The van der Waals surface area contributed by atoms with Gasteiger partial charge in [-0.25, -0.2) is 4.79 Å². The molecule has 0 radical (unpaired) electrons. The molecule has 140 valence electrons. The molecule has 1 fully saturated rings. The summed E-state index contributed by atoms with van der Waals surface area (Å²) in [4.78, 5) is 13.3. The zero-order valence-electron chi connectivity index (χ0n) is 15.2. The second kappa shape index (κ2) is 8.27. The van der Waals surface area contributed by atoms with Gasteiger partial charge in [0.05, 0.1) is 7.11 Å². The summed E-state index contributed by atoms with van der Waals surface area (Å²) in [7, 11) is 1.62. The van der Waals surface area contributed by atoms with E-state index < -0.39 is 5.97 Å². The molecule has 3 rings (SSSR count). The number of carboxylic acids is 1. The molecular weight excluding hydrogens is 334 g/mol. The van der Waals surface area contributed by atoms with Gasteiger partial charge in [-0.3, -0.25) is 4.90 Å². The van der Waals surface area contributed by atoms with Gasteiger partial charge in [0, 0.05) is 13.1 Å². The van der Waals surface area contributed by atoms with Crippen molar-refractivity contribution >= 4 is 5.97 Å². The first-order valence-corrected chi connectivity index (χ1v) is 8.89. The molecule has 6 nitrogen and oxygen atoms in total. The predicted molar refractivity (Wildman–Crippen MR) is 96.7 cm³/mol. The first-order valence-electron chi connectivity index (χ1n) is 8.89. The van der Waals surface area contributed by atoms with E-state index in [1.54, 1.807) is 13.2 Å². The van der Waals surface area contributed by atoms with Gasteiger partial charge in [-0.1, -0.05) is 13.0 Å². The molecule has 2 heterocycles. The number of benzene rings is 1. The highest BCUT2D eigenvalue weighted by Gasteiger charge is 2.17. The molecule has 1 aliphatic rings. The molecule has 6 heteroatoms. The summed E-state index contributed by atoms with van der Waals surface area (Å²) < 4.78 is 16.4. The van der Waals surface area contributed by atoms with Crippen LogP contribution in [-0.2, 0) is 13.2 Å². The van der Waals surface area contributed by atoms with Crippen LogP contribution in [0.1, 0.15) is 41.6 Å². The summed E-state index contributed by atoms with van der Waals surface area (Å²) in [5.41, 5.74) is 1.19. The summed E-state index contributed by atoms with van der Waals surface area (Å²) in [6, 6.07) is 8.95. The molecule has 0 saturated carbocycles. The van der Waals surface area contributed by atoms with Crippen molar-refractivity contribution < 1.29 is 23.8 Å². The number of methoxy groups -OCH3 is 1. The Morgan fingerprint density at radius 2 is 2.15 bits per heavy atom. The molecule has 26 heavy (non-hydrogen) atoms. The average Bonchev–Trinajstić information content (AvgIpc) is 3.10. The fourth-order valence-corrected chi connectivity index (χ4v) is 3.34. The third-order valence-electron chi connectivity index (χ3n) is 4.62. The van der Waals surface area contributed by atoms with Crippen molar-refractivity contribution in [1.29, 1.82) is 0 Å². The van der Waals surface area contributed by atoms with E-state index in [2.05, 4.69) is 11.8 Å². The summed E-state index contributed by atoms with van der Waals surface area (Å²) in [6.45, 7) is 5.61. The minimum atomic E-state index is -1.09. The summed E-state index contributed by atoms with van der Waals surface area (Å²) >= 11 is 0. The van der Waals surface area contributed by atoms with Crippen molar-refractivity contribution in [2.24, 2.45) is 5.92 Å². The third kappa shape index (κ3) is 4.58. The highest BCUT2D eigenvalue weighted by atomic mass is 16.5. The fourth-order valence-electron chi connectivity index (χ4n) is 3.34. The molecule has 1 aliphatic heterocycles. The Morgan fingerprint density at radius 1 is 1.31 bits per heavy atom. The van der Waals surface area contributed by atoms with Crippen LogP contribution in [0, 0.1) is 5.92 Å². The van der Waals surface area contributed by atoms with Gasteiger partial charge in [-0.05, 0) is 55.1 Å². The molecule has 0 spiro atoms. The second-order valence-corrected chi connectivity index (χ2v) is 6.83. The van der Waals surface area contributed by atoms with Crippen molar-refractivity contribution in [3.05, 3.63) is 47.4 Å². The molecular formula is C20H25NO5. The van der Waals surface area contributed by atoms with E-state index in [1.165, 1.54) is 24.5 Å². The quantitative estimate of drug-likeness (QED) is 0.811. The number of likely N-dealkylation sites (tertiary alicyclic amines) is 1. The van der Waals surface area contributed by atoms with Crippen LogP contribution in [-0.4, -0.2) is 36.2 Å². The predicted octanol–water partition coefficient (Wildman–Crippen LogP) is 3.80. The van der Waals surface area contributed by atoms with E-state index in [4.69, 9.17) is 19.0 Å². The van der Waals surface area contributed by atoms with Crippen molar-refractivity contribution in [3.63, 3.8) is 0 Å². The van der Waals surface area contributed by atoms with E-state index in [-0.39, 0.29) is 12.4 Å². The lowest BCUT2D eigenvalue weighted by Crippen LogP contribution is -2.33. The number of carbonyl (C=O) groups is 1. The second-order valence-electron chi connectivity index (χ2n) is 6.83. The van der Waals surface area contributed by atoms with Crippen LogP contribution in [0.25, 0.3) is 0 Å². The van der Waals surface area contributed by atoms with Crippen molar-refractivity contribution in [2.75, 3.05) is 20.2 Å². The number of hydrogen-bond acceptors (Lipinski definition) is 5. The molecule has 1 atom stereocenters. The number of nitrogens with zero attached hydrogens (tertiary/aromatic N) is 1. The first-order chi connectivity index (χ1) is 12.5. The highest BCUT2D eigenvalue weighted by Crippen LogP contribution is 2.30. The van der Waals surface area contributed by atoms with Gasteiger partial charge in [0.25, 0.3) is 0 Å². The maximum Gasteiger partial charge on any atom is 0.371 e. The van der Waals surface area contributed by atoms with Crippen molar-refractivity contribution in [3.8, 4) is 11.5 Å². The minimum absolute atomic E-state index is 0.0957. The Kier molecular flexibility index (Phi) is 5.83. The number of ether oxygens (including phenoxy) is 2. The van der Waals surface area contributed by atoms with Gasteiger partial charge in [0.15, 0.2) is 11.5 Å². The Labute approximate surface area is 153 Å². The Bertz CT molecular complexity index is 754. The third-order valence-corrected chi connectivity index (χ3v) is 4.62. The summed E-state index contributed by atoms with van der Waals surface area (Å²) in [6.07, 6.45) is 2.56. The molecule has 1 N–H and O–H groups in total. The number of piperidine rings is 1. The molecule has 1 saturated heterocycles. The van der Waals surface area contributed by atoms with Gasteiger partial charge in [0.1, 0.15) is 12.4 Å². The van der Waals surface area contributed by atoms with Crippen LogP contribution in [0.4, 0.5) is 0 Å². The number of aromatic carboxylic acids is 1. The number of furan rings is 1. The Hall–Kier alpha value is -2.47. The molecule has 0 amide bonds. The topological polar surface area (TPSA) is 72.1 Å². The Balaban J connectivity index is 1.63. The standard InChI is InChI=1S/C20H25NO5/c1-14-4-3-9-21(11-14)12-15-5-7-17(19(10-15)24-2)25-13-16-6-8-18(26-16)20(22)23/h5-8,10,14H,3-4,9,11-13H2,1-2H3,(H,22,23)/t14-/m1/s1. The smallest absolute Gasteiger partial charge is 0.371 e. The van der Waals surface area contributed by atoms with E-state index in [0.29, 0.717) is 17.3 Å². The lowest BCUT2D eigenvalue weighted by atomic mass is 10.00. The van der Waals surface area contributed by atoms with Crippen LogP contribution < -0.4 is 9.47 Å². The van der Waals surface area contributed by atoms with Gasteiger partial charge in [-0.15, -0.1) is 0 Å². The molecule has 1 aromatic carbocycles. The monoisotopic (exact) mass is 359 g/mol. The largest absolute Gasteiger partial charge is 0.493 e. The summed E-state index contributed by atoms with van der Waals surface area (Å²) in [5.74, 6) is 1.29. The zero-order chi connectivity index (χ0) is 18.5. The van der Waals surface area contributed by atoms with Crippen LogP contribution in [0.3, 0.4) is 0 Å². The fraction of sp³-hybridized carbons (Fsp3) is 0.450. The lowest BCUT2D eigenvalue weighted by Gasteiger charge is -2.30. The molecule has 0 aliphatic carbocycles. The van der Waals surface area contributed by atoms with Crippen molar-refractivity contribution in [1.82, 2.24) is 4.90 Å². The highest BCUT2D eigenvalue weighted by molar-refractivity contribution is 5.84. The molecule has 2 aromatic rings. The molecule has 0 unspecified atom stereocenters. The number of hydrogen-bond donors (Lipinski definition) is 1. The maximum absolute atomic E-state index is 10.9. The Morgan fingerprint density at radius 3 is 2.85 bits per heavy atom. The van der Waals surface area contributed by atoms with Gasteiger partial charge in [0.2, 0.25) is 5.76 Å². The van der Waals surface area contributed by atoms with Crippen molar-refractivity contribution in [2.45, 2.75) is 32.9 Å². The van der Waals surface area contributed by atoms with Gasteiger partial charge >= 0.3 is 5.97 Å². The SMILES string of the molecule is COc1cc(CN2CCC[C@@H](C)C2)ccc1OCc1ccc(C(=O)O)o1. The summed E-state index contributed by atoms with van der Waals surface area (Å²) in [5, 5.41) is 8.89. The van der Waals surface area contributed by atoms with Gasteiger partial charge < -0.3 is 19.0 Å². The van der Waals surface area contributed by atoms with E-state index in [9.17, 15) is 4.79 Å². The normalized spacial score (nSPS) is 17.8. The van der Waals surface area contributed by atoms with E-state index in [0.717, 1.165) is 25.6 Å². The molecule has 1 aromatic heterocycles. The minimum Gasteiger partial charge on any atom is -0.493 e. The van der Waals surface area contributed by atoms with Crippen LogP contribution in [0.2, 0.25) is 0 Å². The van der Waals surface area contributed by atoms with Gasteiger partial charge in [-0.2, -0.15) is 0 Å². The number of carboxylic acid groups (broad SMARTS) is 1. The van der Waals surface area contributed by atoms with Crippen LogP contribution >= 0.6 is 0 Å². The zero-order valence-corrected chi connectivity index (χ0v) is 15.2. The van der Waals surface area contributed by atoms with E-state index in [1.807, 2.05) is 18.2 Å². The van der Waals surface area contributed by atoms with Crippen LogP contribution in [0.5, 0.6) is 11.5 Å². The number of rotatable bonds is 7. The lowest BCUT2D eigenvalue weighted by molar-refractivity contribution is 0.0658. The average molecular weight is 359 g/mol.